The van der Waals surface area contributed by atoms with Gasteiger partial charge in [0, 0.05) is 5.56 Å². The Labute approximate surface area is 86.8 Å². The molecule has 15 heavy (non-hydrogen) atoms. The maximum atomic E-state index is 13.1. The van der Waals surface area contributed by atoms with E-state index in [1.165, 1.54) is 31.4 Å². The molecule has 1 aromatic rings. The Kier molecular flexibility index (Phi) is 3.85. The first kappa shape index (κ1) is 11.2. The highest BCUT2D eigenvalue weighted by Crippen LogP contribution is 2.16. The minimum atomic E-state index is -0.450. The fourth-order valence-corrected chi connectivity index (χ4v) is 1.02. The lowest BCUT2D eigenvalue weighted by molar-refractivity contribution is -0.139. The van der Waals surface area contributed by atoms with Crippen molar-refractivity contribution >= 4 is 12.0 Å². The number of methoxy groups -OCH3 is 1. The number of phenols is 1. The summed E-state index contributed by atoms with van der Waals surface area (Å²) in [5.41, 5.74) is 0.235. The van der Waals surface area contributed by atoms with Crippen LogP contribution in [0.4, 0.5) is 4.39 Å². The van der Waals surface area contributed by atoms with Gasteiger partial charge in [0.15, 0.2) is 0 Å². The van der Waals surface area contributed by atoms with Gasteiger partial charge in [-0.1, -0.05) is 12.2 Å². The van der Waals surface area contributed by atoms with Crippen LogP contribution in [-0.2, 0) is 9.53 Å². The number of ether oxygens (including phenoxy) is 1. The van der Waals surface area contributed by atoms with Crippen LogP contribution in [0.2, 0.25) is 0 Å². The third kappa shape index (κ3) is 3.42. The Morgan fingerprint density at radius 2 is 2.33 bits per heavy atom. The minimum absolute atomic E-state index is 0.0193. The SMILES string of the molecule is COC(=O)CC=Cc1cc(O)ccc1F. The van der Waals surface area contributed by atoms with Gasteiger partial charge in [-0.3, -0.25) is 4.79 Å². The number of esters is 1. The molecule has 0 saturated heterocycles. The summed E-state index contributed by atoms with van der Waals surface area (Å²) in [5.74, 6) is -0.866. The molecule has 0 atom stereocenters. The van der Waals surface area contributed by atoms with Crippen LogP contribution in [0, 0.1) is 5.82 Å². The van der Waals surface area contributed by atoms with E-state index >= 15 is 0 Å². The van der Waals surface area contributed by atoms with E-state index < -0.39 is 11.8 Å². The van der Waals surface area contributed by atoms with Crippen molar-refractivity contribution in [1.82, 2.24) is 0 Å². The lowest BCUT2D eigenvalue weighted by atomic mass is 10.2. The third-order valence-electron chi connectivity index (χ3n) is 1.79. The van der Waals surface area contributed by atoms with Crippen LogP contribution in [0.3, 0.4) is 0 Å². The molecule has 3 nitrogen and oxygen atoms in total. The van der Waals surface area contributed by atoms with Crippen molar-refractivity contribution in [3.63, 3.8) is 0 Å². The Morgan fingerprint density at radius 1 is 1.60 bits per heavy atom. The van der Waals surface area contributed by atoms with Gasteiger partial charge in [0.05, 0.1) is 13.5 Å². The molecule has 0 aliphatic carbocycles. The fraction of sp³-hybridized carbons (Fsp3) is 0.182. The Bertz CT molecular complexity index is 385. The summed E-state index contributed by atoms with van der Waals surface area (Å²) in [6.07, 6.45) is 2.97. The molecule has 0 bridgehead atoms. The van der Waals surface area contributed by atoms with E-state index in [4.69, 9.17) is 5.11 Å². The van der Waals surface area contributed by atoms with Crippen LogP contribution in [0.25, 0.3) is 6.08 Å². The smallest absolute Gasteiger partial charge is 0.309 e. The maximum Gasteiger partial charge on any atom is 0.309 e. The van der Waals surface area contributed by atoms with Gasteiger partial charge in [-0.05, 0) is 18.2 Å². The Morgan fingerprint density at radius 3 is 3.00 bits per heavy atom. The summed E-state index contributed by atoms with van der Waals surface area (Å²) in [5, 5.41) is 9.10. The maximum absolute atomic E-state index is 13.1. The summed E-state index contributed by atoms with van der Waals surface area (Å²) in [6, 6.07) is 3.70. The van der Waals surface area contributed by atoms with Crippen molar-refractivity contribution in [2.45, 2.75) is 6.42 Å². The number of phenolic OH excluding ortho intramolecular Hbond substituents is 1. The first-order chi connectivity index (χ1) is 7.13. The number of benzene rings is 1. The van der Waals surface area contributed by atoms with E-state index in [-0.39, 0.29) is 17.7 Å². The molecule has 1 N–H and O–H groups in total. The standard InChI is InChI=1S/C11H11FO3/c1-15-11(14)4-2-3-8-7-9(13)5-6-10(8)12/h2-3,5-7,13H,4H2,1H3. The van der Waals surface area contributed by atoms with Crippen molar-refractivity contribution in [3.8, 4) is 5.75 Å². The second-order valence-electron chi connectivity index (χ2n) is 2.89. The highest BCUT2D eigenvalue weighted by Gasteiger charge is 2.00. The molecule has 80 valence electrons. The molecule has 0 fully saturated rings. The van der Waals surface area contributed by atoms with E-state index in [1.54, 1.807) is 0 Å². The summed E-state index contributed by atoms with van der Waals surface area (Å²) >= 11 is 0. The number of hydrogen-bond donors (Lipinski definition) is 1. The Balaban J connectivity index is 2.71. The van der Waals surface area contributed by atoms with Crippen LogP contribution in [-0.4, -0.2) is 18.2 Å². The van der Waals surface area contributed by atoms with Gasteiger partial charge in [-0.15, -0.1) is 0 Å². The Hall–Kier alpha value is -1.84. The highest BCUT2D eigenvalue weighted by molar-refractivity contribution is 5.72. The molecular weight excluding hydrogens is 199 g/mol. The molecule has 1 rings (SSSR count). The first-order valence-corrected chi connectivity index (χ1v) is 4.35. The van der Waals surface area contributed by atoms with Gasteiger partial charge in [-0.2, -0.15) is 0 Å². The van der Waals surface area contributed by atoms with Crippen LogP contribution in [0.15, 0.2) is 24.3 Å². The molecular formula is C11H11FO3. The summed E-state index contributed by atoms with van der Waals surface area (Å²) in [7, 11) is 1.28. The average molecular weight is 210 g/mol. The molecule has 0 radical (unpaired) electrons. The lowest BCUT2D eigenvalue weighted by Crippen LogP contribution is -1.96. The molecule has 0 spiro atoms. The molecule has 0 aromatic heterocycles. The zero-order valence-corrected chi connectivity index (χ0v) is 8.24. The minimum Gasteiger partial charge on any atom is -0.508 e. The average Bonchev–Trinajstić information content (AvgIpc) is 2.23. The van der Waals surface area contributed by atoms with E-state index in [0.29, 0.717) is 0 Å². The zero-order valence-electron chi connectivity index (χ0n) is 8.24. The number of carbonyl (C=O) groups excluding carboxylic acids is 1. The van der Waals surface area contributed by atoms with Crippen molar-refractivity contribution < 1.29 is 19.0 Å². The topological polar surface area (TPSA) is 46.5 Å². The lowest BCUT2D eigenvalue weighted by Gasteiger charge is -1.97. The van der Waals surface area contributed by atoms with E-state index in [9.17, 15) is 9.18 Å². The van der Waals surface area contributed by atoms with Gasteiger partial charge in [0.1, 0.15) is 11.6 Å². The molecule has 1 aromatic carbocycles. The number of carbonyl (C=O) groups is 1. The first-order valence-electron chi connectivity index (χ1n) is 4.35. The van der Waals surface area contributed by atoms with Gasteiger partial charge < -0.3 is 9.84 Å². The van der Waals surface area contributed by atoms with Gasteiger partial charge in [0.2, 0.25) is 0 Å². The molecule has 4 heteroatoms. The highest BCUT2D eigenvalue weighted by atomic mass is 19.1. The molecule has 0 aliphatic heterocycles. The van der Waals surface area contributed by atoms with Crippen LogP contribution >= 0.6 is 0 Å². The molecule has 0 amide bonds. The predicted octanol–water partition coefficient (Wildman–Crippen LogP) is 2.11. The quantitative estimate of drug-likeness (QED) is 0.777. The molecule has 0 heterocycles. The van der Waals surface area contributed by atoms with Crippen LogP contribution in [0.5, 0.6) is 5.75 Å². The molecule has 0 unspecified atom stereocenters. The molecule has 0 saturated carbocycles. The predicted molar refractivity (Wildman–Crippen MR) is 53.7 cm³/mol. The van der Waals surface area contributed by atoms with E-state index in [2.05, 4.69) is 4.74 Å². The summed E-state index contributed by atoms with van der Waals surface area (Å²) in [4.78, 5) is 10.7. The molecule has 0 aliphatic rings. The zero-order chi connectivity index (χ0) is 11.3. The second-order valence-corrected chi connectivity index (χ2v) is 2.89. The summed E-state index contributed by atoms with van der Waals surface area (Å²) in [6.45, 7) is 0. The van der Waals surface area contributed by atoms with Crippen molar-refractivity contribution in [1.29, 1.82) is 0 Å². The largest absolute Gasteiger partial charge is 0.508 e. The monoisotopic (exact) mass is 210 g/mol. The van der Waals surface area contributed by atoms with Gasteiger partial charge in [0.25, 0.3) is 0 Å². The number of rotatable bonds is 3. The number of hydrogen-bond acceptors (Lipinski definition) is 3. The second kappa shape index (κ2) is 5.14. The third-order valence-corrected chi connectivity index (χ3v) is 1.79. The van der Waals surface area contributed by atoms with Crippen molar-refractivity contribution in [3.05, 3.63) is 35.7 Å². The van der Waals surface area contributed by atoms with Crippen molar-refractivity contribution in [2.24, 2.45) is 0 Å². The normalized spacial score (nSPS) is 10.5. The number of aromatic hydroxyl groups is 1. The van der Waals surface area contributed by atoms with Crippen molar-refractivity contribution in [2.75, 3.05) is 7.11 Å². The van der Waals surface area contributed by atoms with E-state index in [1.807, 2.05) is 0 Å². The van der Waals surface area contributed by atoms with Gasteiger partial charge >= 0.3 is 5.97 Å². The fourth-order valence-electron chi connectivity index (χ4n) is 1.02. The van der Waals surface area contributed by atoms with Crippen LogP contribution in [0.1, 0.15) is 12.0 Å². The number of halogens is 1. The van der Waals surface area contributed by atoms with E-state index in [0.717, 1.165) is 6.07 Å². The van der Waals surface area contributed by atoms with Crippen LogP contribution < -0.4 is 0 Å². The van der Waals surface area contributed by atoms with Gasteiger partial charge in [-0.25, -0.2) is 4.39 Å². The summed E-state index contributed by atoms with van der Waals surface area (Å²) < 4.78 is 17.5.